The molecule has 90 valence electrons. The molecule has 0 aromatic heterocycles. The summed E-state index contributed by atoms with van der Waals surface area (Å²) in [7, 11) is 0. The minimum atomic E-state index is -0.320. The maximum Gasteiger partial charge on any atom is 0.250 e. The summed E-state index contributed by atoms with van der Waals surface area (Å²) in [4.78, 5) is 15.9. The number of rotatable bonds is 3. The molecule has 0 aliphatic carbocycles. The van der Waals surface area contributed by atoms with Gasteiger partial charge in [0.15, 0.2) is 0 Å². The lowest BCUT2D eigenvalue weighted by Crippen LogP contribution is -2.29. The summed E-state index contributed by atoms with van der Waals surface area (Å²) in [6.07, 6.45) is 1.63. The number of hydrogen-bond donors (Lipinski definition) is 1. The van der Waals surface area contributed by atoms with Gasteiger partial charge in [0.2, 0.25) is 5.91 Å². The Bertz CT molecular complexity index is 482. The molecule has 17 heavy (non-hydrogen) atoms. The molecule has 1 heterocycles. The molecule has 1 aliphatic heterocycles. The van der Waals surface area contributed by atoms with Crippen LogP contribution < -0.4 is 5.32 Å². The average molecular weight is 234 g/mol. The largest absolute Gasteiger partial charge is 0.309 e. The minimum Gasteiger partial charge on any atom is -0.309 e. The second-order valence-electron chi connectivity index (χ2n) is 4.24. The number of amidine groups is 1. The number of halogens is 1. The average Bonchev–Trinajstić information content (AvgIpc) is 2.65. The van der Waals surface area contributed by atoms with E-state index in [1.165, 1.54) is 6.07 Å². The molecule has 1 aromatic rings. The molecule has 0 spiro atoms. The number of benzene rings is 1. The third kappa shape index (κ3) is 2.35. The number of carbonyl (C=O) groups excluding carboxylic acids is 1. The van der Waals surface area contributed by atoms with E-state index in [1.54, 1.807) is 19.1 Å². The molecule has 0 fully saturated rings. The highest BCUT2D eigenvalue weighted by molar-refractivity contribution is 6.13. The normalized spacial score (nSPS) is 19.1. The Morgan fingerprint density at radius 1 is 1.47 bits per heavy atom. The smallest absolute Gasteiger partial charge is 0.250 e. The quantitative estimate of drug-likeness (QED) is 0.855. The van der Waals surface area contributed by atoms with Gasteiger partial charge in [-0.05, 0) is 25.0 Å². The van der Waals surface area contributed by atoms with Gasteiger partial charge in [0.1, 0.15) is 17.7 Å². The lowest BCUT2D eigenvalue weighted by molar-refractivity contribution is -0.120. The Hall–Kier alpha value is -1.71. The van der Waals surface area contributed by atoms with Crippen LogP contribution in [0.2, 0.25) is 0 Å². The molecular weight excluding hydrogens is 219 g/mol. The molecule has 0 saturated heterocycles. The molecule has 4 heteroatoms. The highest BCUT2D eigenvalue weighted by Gasteiger charge is 2.26. The van der Waals surface area contributed by atoms with Crippen molar-refractivity contribution in [1.82, 2.24) is 5.32 Å². The Balaban J connectivity index is 2.26. The van der Waals surface area contributed by atoms with Crippen molar-refractivity contribution in [2.24, 2.45) is 4.99 Å². The van der Waals surface area contributed by atoms with Crippen molar-refractivity contribution in [3.8, 4) is 0 Å². The molecule has 1 aliphatic rings. The lowest BCUT2D eigenvalue weighted by atomic mass is 10.1. The van der Waals surface area contributed by atoms with Crippen molar-refractivity contribution in [3.63, 3.8) is 0 Å². The van der Waals surface area contributed by atoms with E-state index in [9.17, 15) is 9.18 Å². The highest BCUT2D eigenvalue weighted by Crippen LogP contribution is 2.14. The highest BCUT2D eigenvalue weighted by atomic mass is 19.1. The number of amides is 1. The van der Waals surface area contributed by atoms with Gasteiger partial charge in [-0.3, -0.25) is 9.79 Å². The van der Waals surface area contributed by atoms with Crippen molar-refractivity contribution >= 4 is 11.7 Å². The van der Waals surface area contributed by atoms with Gasteiger partial charge in [-0.25, -0.2) is 4.39 Å². The zero-order valence-corrected chi connectivity index (χ0v) is 9.96. The van der Waals surface area contributed by atoms with Gasteiger partial charge in [0, 0.05) is 5.56 Å². The maximum absolute atomic E-state index is 13.4. The fourth-order valence-corrected chi connectivity index (χ4v) is 1.80. The van der Waals surface area contributed by atoms with Crippen LogP contribution >= 0.6 is 0 Å². The fourth-order valence-electron chi connectivity index (χ4n) is 1.80. The van der Waals surface area contributed by atoms with Gasteiger partial charge < -0.3 is 5.32 Å². The van der Waals surface area contributed by atoms with Gasteiger partial charge in [-0.2, -0.15) is 0 Å². The molecule has 2 rings (SSSR count). The molecule has 3 nitrogen and oxygen atoms in total. The first-order chi connectivity index (χ1) is 8.11. The van der Waals surface area contributed by atoms with E-state index in [4.69, 9.17) is 0 Å². The SMILES string of the molecule is CCCC1N=C(c2ccc(C)c(F)c2)NC1=O. The van der Waals surface area contributed by atoms with Crippen LogP contribution in [0.4, 0.5) is 4.39 Å². The van der Waals surface area contributed by atoms with Gasteiger partial charge >= 0.3 is 0 Å². The first-order valence-electron chi connectivity index (χ1n) is 5.77. The molecule has 0 radical (unpaired) electrons. The Morgan fingerprint density at radius 3 is 2.88 bits per heavy atom. The maximum atomic E-state index is 13.4. The Morgan fingerprint density at radius 2 is 2.24 bits per heavy atom. The summed E-state index contributed by atoms with van der Waals surface area (Å²) in [6, 6.07) is 4.54. The van der Waals surface area contributed by atoms with Crippen molar-refractivity contribution in [2.75, 3.05) is 0 Å². The third-order valence-electron chi connectivity index (χ3n) is 2.84. The van der Waals surface area contributed by atoms with Gasteiger partial charge in [0.05, 0.1) is 0 Å². The standard InChI is InChI=1S/C13H15FN2O/c1-3-4-11-13(17)16-12(15-11)9-6-5-8(2)10(14)7-9/h5-7,11H,3-4H2,1-2H3,(H,15,16,17). The Labute approximate surface area is 99.8 Å². The number of aliphatic imine (C=N–C) groups is 1. The van der Waals surface area contributed by atoms with E-state index < -0.39 is 0 Å². The van der Waals surface area contributed by atoms with Crippen LogP contribution in [0.1, 0.15) is 30.9 Å². The molecule has 1 amide bonds. The first-order valence-corrected chi connectivity index (χ1v) is 5.77. The topological polar surface area (TPSA) is 41.5 Å². The summed E-state index contributed by atoms with van der Waals surface area (Å²) in [5.41, 5.74) is 1.21. The molecule has 1 atom stereocenters. The summed E-state index contributed by atoms with van der Waals surface area (Å²) in [5, 5.41) is 2.70. The van der Waals surface area contributed by atoms with Gasteiger partial charge in [-0.15, -0.1) is 0 Å². The van der Waals surface area contributed by atoms with Crippen molar-refractivity contribution in [1.29, 1.82) is 0 Å². The van der Waals surface area contributed by atoms with Crippen LogP contribution in [0.25, 0.3) is 0 Å². The molecule has 0 bridgehead atoms. The Kier molecular flexibility index (Phi) is 3.22. The number of nitrogens with one attached hydrogen (secondary N) is 1. The summed E-state index contributed by atoms with van der Waals surface area (Å²) >= 11 is 0. The van der Waals surface area contributed by atoms with Crippen LogP contribution in [0.15, 0.2) is 23.2 Å². The summed E-state index contributed by atoms with van der Waals surface area (Å²) in [5.74, 6) is 0.105. The van der Waals surface area contributed by atoms with E-state index in [2.05, 4.69) is 10.3 Å². The first kappa shape index (κ1) is 11.8. The van der Waals surface area contributed by atoms with Crippen LogP contribution in [-0.4, -0.2) is 17.8 Å². The van der Waals surface area contributed by atoms with E-state index in [0.29, 0.717) is 17.0 Å². The number of nitrogens with zero attached hydrogens (tertiary/aromatic N) is 1. The van der Waals surface area contributed by atoms with Crippen LogP contribution in [-0.2, 0) is 4.79 Å². The summed E-state index contributed by atoms with van der Waals surface area (Å²) in [6.45, 7) is 3.71. The third-order valence-corrected chi connectivity index (χ3v) is 2.84. The number of aryl methyl sites for hydroxylation is 1. The molecule has 1 aromatic carbocycles. The molecule has 1 unspecified atom stereocenters. The molecular formula is C13H15FN2O. The predicted octanol–water partition coefficient (Wildman–Crippen LogP) is 2.18. The number of carbonyl (C=O) groups is 1. The van der Waals surface area contributed by atoms with Crippen LogP contribution in [0.3, 0.4) is 0 Å². The van der Waals surface area contributed by atoms with Crippen LogP contribution in [0, 0.1) is 12.7 Å². The van der Waals surface area contributed by atoms with E-state index >= 15 is 0 Å². The second kappa shape index (κ2) is 4.65. The molecule has 1 N–H and O–H groups in total. The van der Waals surface area contributed by atoms with Crippen molar-refractivity contribution in [3.05, 3.63) is 35.1 Å². The summed E-state index contributed by atoms with van der Waals surface area (Å²) < 4.78 is 13.4. The number of hydrogen-bond acceptors (Lipinski definition) is 2. The zero-order valence-electron chi connectivity index (χ0n) is 9.96. The van der Waals surface area contributed by atoms with Crippen LogP contribution in [0.5, 0.6) is 0 Å². The van der Waals surface area contributed by atoms with Crippen molar-refractivity contribution < 1.29 is 9.18 Å². The minimum absolute atomic E-state index is 0.0946. The van der Waals surface area contributed by atoms with E-state index in [-0.39, 0.29) is 17.8 Å². The van der Waals surface area contributed by atoms with Gasteiger partial charge in [0.25, 0.3) is 0 Å². The predicted molar refractivity (Wildman–Crippen MR) is 64.5 cm³/mol. The second-order valence-corrected chi connectivity index (χ2v) is 4.24. The van der Waals surface area contributed by atoms with Gasteiger partial charge in [-0.1, -0.05) is 25.5 Å². The van der Waals surface area contributed by atoms with Crippen molar-refractivity contribution in [2.45, 2.75) is 32.7 Å². The zero-order chi connectivity index (χ0) is 12.4. The fraction of sp³-hybridized carbons (Fsp3) is 0.385. The lowest BCUT2D eigenvalue weighted by Gasteiger charge is -2.02. The van der Waals surface area contributed by atoms with E-state index in [1.807, 2.05) is 6.92 Å². The monoisotopic (exact) mass is 234 g/mol. The molecule has 0 saturated carbocycles. The van der Waals surface area contributed by atoms with E-state index in [0.717, 1.165) is 12.8 Å².